The van der Waals surface area contributed by atoms with Crippen LogP contribution in [0, 0.1) is 12.3 Å². The standard InChI is InChI=1S/C25H28F3N3OS/c1-6-31-14-17-9-7-11-18(20(17)22(31)24(3,4)5)32-23-16(10-8-12-29-23)13-19-30-21(15(2)33-19)25(26,27)28/h7-12,22H,6,13-14H2,1-5H3. The van der Waals surface area contributed by atoms with E-state index in [1.165, 1.54) is 12.5 Å². The van der Waals surface area contributed by atoms with Gasteiger partial charge in [-0.15, -0.1) is 11.3 Å². The summed E-state index contributed by atoms with van der Waals surface area (Å²) in [5.74, 6) is 1.14. The molecule has 0 aliphatic carbocycles. The fourth-order valence-electron chi connectivity index (χ4n) is 4.60. The van der Waals surface area contributed by atoms with Crippen LogP contribution >= 0.6 is 11.3 Å². The summed E-state index contributed by atoms with van der Waals surface area (Å²) in [6.45, 7) is 12.1. The molecule has 3 aromatic rings. The molecule has 33 heavy (non-hydrogen) atoms. The van der Waals surface area contributed by atoms with E-state index in [1.54, 1.807) is 12.3 Å². The Morgan fingerprint density at radius 2 is 1.91 bits per heavy atom. The number of nitrogens with zero attached hydrogens (tertiary/aromatic N) is 3. The molecule has 4 rings (SSSR count). The van der Waals surface area contributed by atoms with E-state index in [2.05, 4.69) is 48.6 Å². The number of rotatable bonds is 5. The Morgan fingerprint density at radius 1 is 1.15 bits per heavy atom. The van der Waals surface area contributed by atoms with Gasteiger partial charge in [-0.25, -0.2) is 9.97 Å². The number of benzene rings is 1. The lowest BCUT2D eigenvalue weighted by Crippen LogP contribution is -2.31. The molecule has 1 aliphatic rings. The van der Waals surface area contributed by atoms with Crippen LogP contribution in [0.4, 0.5) is 13.2 Å². The van der Waals surface area contributed by atoms with Gasteiger partial charge in [-0.3, -0.25) is 4.90 Å². The Balaban J connectivity index is 1.68. The van der Waals surface area contributed by atoms with Crippen LogP contribution in [0.25, 0.3) is 0 Å². The Morgan fingerprint density at radius 3 is 2.55 bits per heavy atom. The molecule has 0 amide bonds. The van der Waals surface area contributed by atoms with Gasteiger partial charge in [0.1, 0.15) is 5.75 Å². The maximum atomic E-state index is 13.2. The van der Waals surface area contributed by atoms with Gasteiger partial charge in [0, 0.05) is 41.2 Å². The zero-order valence-electron chi connectivity index (χ0n) is 19.5. The molecule has 1 atom stereocenters. The monoisotopic (exact) mass is 475 g/mol. The van der Waals surface area contributed by atoms with Crippen LogP contribution < -0.4 is 4.74 Å². The van der Waals surface area contributed by atoms with Gasteiger partial charge < -0.3 is 4.74 Å². The van der Waals surface area contributed by atoms with E-state index in [9.17, 15) is 13.2 Å². The number of aromatic nitrogens is 2. The molecule has 176 valence electrons. The van der Waals surface area contributed by atoms with Crippen molar-refractivity contribution in [3.05, 3.63) is 68.8 Å². The molecule has 2 aromatic heterocycles. The van der Waals surface area contributed by atoms with Gasteiger partial charge in [0.15, 0.2) is 5.69 Å². The first-order valence-corrected chi connectivity index (χ1v) is 11.8. The normalized spacial score (nSPS) is 16.8. The summed E-state index contributed by atoms with van der Waals surface area (Å²) in [4.78, 5) is 10.9. The molecule has 0 saturated carbocycles. The van der Waals surface area contributed by atoms with Crippen LogP contribution in [-0.4, -0.2) is 21.4 Å². The highest BCUT2D eigenvalue weighted by Gasteiger charge is 2.40. The molecule has 4 nitrogen and oxygen atoms in total. The molecule has 0 radical (unpaired) electrons. The second-order valence-corrected chi connectivity index (χ2v) is 10.7. The van der Waals surface area contributed by atoms with Crippen LogP contribution in [0.5, 0.6) is 11.6 Å². The molecule has 0 N–H and O–H groups in total. The van der Waals surface area contributed by atoms with Crippen molar-refractivity contribution in [1.82, 2.24) is 14.9 Å². The summed E-state index contributed by atoms with van der Waals surface area (Å²) in [6, 6.07) is 9.85. The minimum absolute atomic E-state index is 0.0000804. The molecule has 0 fully saturated rings. The molecule has 3 heterocycles. The van der Waals surface area contributed by atoms with Crippen LogP contribution in [0.2, 0.25) is 0 Å². The lowest BCUT2D eigenvalue weighted by Gasteiger charge is -2.35. The minimum atomic E-state index is -4.45. The zero-order valence-corrected chi connectivity index (χ0v) is 20.3. The molecule has 1 aliphatic heterocycles. The largest absolute Gasteiger partial charge is 0.438 e. The average Bonchev–Trinajstić information content (AvgIpc) is 3.30. The SMILES string of the molecule is CCN1Cc2cccc(Oc3ncccc3Cc3nc(C(F)(F)F)c(C)s3)c2C1C(C)(C)C. The highest BCUT2D eigenvalue weighted by molar-refractivity contribution is 7.11. The topological polar surface area (TPSA) is 38.2 Å². The van der Waals surface area contributed by atoms with Crippen molar-refractivity contribution in [3.63, 3.8) is 0 Å². The number of aryl methyl sites for hydroxylation is 1. The van der Waals surface area contributed by atoms with Crippen molar-refractivity contribution in [3.8, 4) is 11.6 Å². The molecule has 1 aromatic carbocycles. The number of pyridine rings is 1. The summed E-state index contributed by atoms with van der Waals surface area (Å²) in [5, 5.41) is 0.390. The van der Waals surface area contributed by atoms with Crippen molar-refractivity contribution in [2.75, 3.05) is 6.54 Å². The molecule has 1 unspecified atom stereocenters. The van der Waals surface area contributed by atoms with E-state index in [1.807, 2.05) is 18.2 Å². The number of halogens is 3. The van der Waals surface area contributed by atoms with E-state index in [0.717, 1.165) is 35.7 Å². The Hall–Kier alpha value is -2.45. The quantitative estimate of drug-likeness (QED) is 0.392. The third kappa shape index (κ3) is 4.77. The van der Waals surface area contributed by atoms with Gasteiger partial charge in [0.25, 0.3) is 0 Å². The number of alkyl halides is 3. The highest BCUT2D eigenvalue weighted by atomic mass is 32.1. The molecule has 0 bridgehead atoms. The fourth-order valence-corrected chi connectivity index (χ4v) is 5.58. The summed E-state index contributed by atoms with van der Waals surface area (Å²) in [5.41, 5.74) is 2.28. The lowest BCUT2D eigenvalue weighted by atomic mass is 9.82. The van der Waals surface area contributed by atoms with Crippen molar-refractivity contribution < 1.29 is 17.9 Å². The number of hydrogen-bond donors (Lipinski definition) is 0. The minimum Gasteiger partial charge on any atom is -0.438 e. The Bertz CT molecular complexity index is 1150. The van der Waals surface area contributed by atoms with Gasteiger partial charge in [-0.2, -0.15) is 13.2 Å². The van der Waals surface area contributed by atoms with Gasteiger partial charge in [0.05, 0.1) is 5.01 Å². The second-order valence-electron chi connectivity index (χ2n) is 9.42. The van der Waals surface area contributed by atoms with E-state index < -0.39 is 11.9 Å². The predicted molar refractivity (Wildman–Crippen MR) is 124 cm³/mol. The molecule has 0 spiro atoms. The summed E-state index contributed by atoms with van der Waals surface area (Å²) >= 11 is 1.06. The number of hydrogen-bond acceptors (Lipinski definition) is 5. The second kappa shape index (κ2) is 8.72. The van der Waals surface area contributed by atoms with E-state index in [4.69, 9.17) is 4.74 Å². The summed E-state index contributed by atoms with van der Waals surface area (Å²) < 4.78 is 45.9. The van der Waals surface area contributed by atoms with Gasteiger partial charge >= 0.3 is 6.18 Å². The van der Waals surface area contributed by atoms with E-state index in [0.29, 0.717) is 16.5 Å². The number of thiazole rings is 1. The fraction of sp³-hybridized carbons (Fsp3) is 0.440. The molecular formula is C25H28F3N3OS. The van der Waals surface area contributed by atoms with Gasteiger partial charge in [0.2, 0.25) is 5.88 Å². The van der Waals surface area contributed by atoms with Crippen LogP contribution in [0.3, 0.4) is 0 Å². The smallest absolute Gasteiger partial charge is 0.434 e. The summed E-state index contributed by atoms with van der Waals surface area (Å²) in [6.07, 6.45) is -2.59. The van der Waals surface area contributed by atoms with Crippen molar-refractivity contribution >= 4 is 11.3 Å². The summed E-state index contributed by atoms with van der Waals surface area (Å²) in [7, 11) is 0. The van der Waals surface area contributed by atoms with Crippen molar-refractivity contribution in [2.45, 2.75) is 59.8 Å². The Labute approximate surface area is 196 Å². The first-order valence-electron chi connectivity index (χ1n) is 11.0. The number of fused-ring (bicyclic) bond motifs is 1. The van der Waals surface area contributed by atoms with Crippen molar-refractivity contribution in [1.29, 1.82) is 0 Å². The molecule has 8 heteroatoms. The van der Waals surface area contributed by atoms with Crippen LogP contribution in [0.15, 0.2) is 36.5 Å². The first-order chi connectivity index (χ1) is 15.5. The third-order valence-electron chi connectivity index (χ3n) is 5.90. The number of ether oxygens (including phenoxy) is 1. The zero-order chi connectivity index (χ0) is 24.0. The molecule has 0 saturated heterocycles. The van der Waals surface area contributed by atoms with Crippen LogP contribution in [0.1, 0.15) is 66.0 Å². The lowest BCUT2D eigenvalue weighted by molar-refractivity contribution is -0.141. The Kier molecular flexibility index (Phi) is 6.26. The molecular weight excluding hydrogens is 447 g/mol. The van der Waals surface area contributed by atoms with E-state index in [-0.39, 0.29) is 22.8 Å². The van der Waals surface area contributed by atoms with Gasteiger partial charge in [-0.05, 0) is 36.6 Å². The maximum Gasteiger partial charge on any atom is 0.434 e. The highest BCUT2D eigenvalue weighted by Crippen LogP contribution is 2.49. The maximum absolute atomic E-state index is 13.2. The van der Waals surface area contributed by atoms with Crippen molar-refractivity contribution in [2.24, 2.45) is 5.41 Å². The van der Waals surface area contributed by atoms with Gasteiger partial charge in [-0.1, -0.05) is 45.9 Å². The van der Waals surface area contributed by atoms with Crippen LogP contribution in [-0.2, 0) is 19.1 Å². The average molecular weight is 476 g/mol. The van der Waals surface area contributed by atoms with E-state index >= 15 is 0 Å². The predicted octanol–water partition coefficient (Wildman–Crippen LogP) is 7.17. The third-order valence-corrected chi connectivity index (χ3v) is 6.87. The first kappa shape index (κ1) is 23.7.